The molecule has 1 heterocycles. The van der Waals surface area contributed by atoms with Crippen molar-refractivity contribution in [3.05, 3.63) is 0 Å². The lowest BCUT2D eigenvalue weighted by molar-refractivity contribution is -0.138. The molecule has 1 aliphatic rings. The fourth-order valence-corrected chi connectivity index (χ4v) is 1.50. The Morgan fingerprint density at radius 3 is 2.06 bits per heavy atom. The molecule has 0 saturated carbocycles. The van der Waals surface area contributed by atoms with E-state index >= 15 is 0 Å². The first kappa shape index (κ1) is 19.7. The number of nitrogens with zero attached hydrogens (tertiary/aromatic N) is 1. The molecule has 0 spiro atoms. The van der Waals surface area contributed by atoms with Gasteiger partial charge in [0, 0.05) is 6.61 Å². The largest absolute Gasteiger partial charge is 0.481 e. The maximum atomic E-state index is 9.88. The second-order valence-electron chi connectivity index (χ2n) is 3.90. The van der Waals surface area contributed by atoms with Crippen molar-refractivity contribution >= 4 is 5.97 Å². The SMILES string of the molecule is CC.CCCOCCC(=O)O.CCN1CCCC1. The van der Waals surface area contributed by atoms with Crippen LogP contribution >= 0.6 is 0 Å². The fraction of sp³-hybridized carbons (Fsp3) is 0.929. The van der Waals surface area contributed by atoms with Gasteiger partial charge in [0.1, 0.15) is 0 Å². The predicted molar refractivity (Wildman–Crippen MR) is 76.1 cm³/mol. The zero-order valence-electron chi connectivity index (χ0n) is 12.6. The lowest BCUT2D eigenvalue weighted by atomic mass is 10.4. The van der Waals surface area contributed by atoms with Crippen LogP contribution in [0, 0.1) is 0 Å². The molecule has 0 aromatic carbocycles. The zero-order chi connectivity index (χ0) is 14.2. The third-order valence-electron chi connectivity index (χ3n) is 2.45. The van der Waals surface area contributed by atoms with E-state index in [2.05, 4.69) is 11.8 Å². The van der Waals surface area contributed by atoms with Crippen LogP contribution in [0.3, 0.4) is 0 Å². The quantitative estimate of drug-likeness (QED) is 0.747. The van der Waals surface area contributed by atoms with Crippen molar-refractivity contribution in [2.75, 3.05) is 32.8 Å². The molecule has 0 radical (unpaired) electrons. The van der Waals surface area contributed by atoms with Crippen molar-refractivity contribution in [1.82, 2.24) is 4.90 Å². The van der Waals surface area contributed by atoms with Crippen LogP contribution in [0.4, 0.5) is 0 Å². The number of ether oxygens (including phenoxy) is 1. The summed E-state index contributed by atoms with van der Waals surface area (Å²) in [5.74, 6) is -0.800. The first-order valence-electron chi connectivity index (χ1n) is 7.22. The van der Waals surface area contributed by atoms with Crippen LogP contribution in [0.1, 0.15) is 53.4 Å². The number of likely N-dealkylation sites (tertiary alicyclic amines) is 1. The molecule has 0 atom stereocenters. The molecule has 4 heteroatoms. The molecule has 0 aliphatic carbocycles. The molecule has 0 bridgehead atoms. The summed E-state index contributed by atoms with van der Waals surface area (Å²) in [6, 6.07) is 0. The third-order valence-corrected chi connectivity index (χ3v) is 2.45. The number of aliphatic carboxylic acids is 1. The average Bonchev–Trinajstić information content (AvgIpc) is 2.91. The Labute approximate surface area is 112 Å². The van der Waals surface area contributed by atoms with Crippen LogP contribution in [-0.4, -0.2) is 48.8 Å². The number of hydrogen-bond acceptors (Lipinski definition) is 3. The van der Waals surface area contributed by atoms with E-state index in [4.69, 9.17) is 9.84 Å². The van der Waals surface area contributed by atoms with E-state index in [1.807, 2.05) is 20.8 Å². The number of carboxylic acids is 1. The molecule has 110 valence electrons. The van der Waals surface area contributed by atoms with E-state index < -0.39 is 5.97 Å². The van der Waals surface area contributed by atoms with Crippen LogP contribution in [0.25, 0.3) is 0 Å². The summed E-state index contributed by atoms with van der Waals surface area (Å²) in [5.41, 5.74) is 0. The van der Waals surface area contributed by atoms with Crippen molar-refractivity contribution in [3.8, 4) is 0 Å². The average molecular weight is 261 g/mol. The Kier molecular flexibility index (Phi) is 18.0. The number of rotatable bonds is 6. The molecule has 1 aliphatic heterocycles. The maximum Gasteiger partial charge on any atom is 0.305 e. The van der Waals surface area contributed by atoms with E-state index in [0.29, 0.717) is 13.2 Å². The van der Waals surface area contributed by atoms with Gasteiger partial charge in [-0.2, -0.15) is 0 Å². The lowest BCUT2D eigenvalue weighted by Crippen LogP contribution is -2.17. The number of carbonyl (C=O) groups is 1. The summed E-state index contributed by atoms with van der Waals surface area (Å²) < 4.78 is 4.91. The summed E-state index contributed by atoms with van der Waals surface area (Å²) >= 11 is 0. The van der Waals surface area contributed by atoms with Gasteiger partial charge >= 0.3 is 5.97 Å². The molecule has 1 fully saturated rings. The van der Waals surface area contributed by atoms with Crippen LogP contribution in [-0.2, 0) is 9.53 Å². The molecule has 4 nitrogen and oxygen atoms in total. The standard InChI is InChI=1S/C6H13N.C6H12O3.C2H6/c1-2-7-5-3-4-6-7;1-2-4-9-5-3-6(7)8;1-2/h2-6H2,1H3;2-5H2,1H3,(H,7,8);1-2H3. The Morgan fingerprint density at radius 1 is 1.17 bits per heavy atom. The number of hydrogen-bond donors (Lipinski definition) is 1. The minimum atomic E-state index is -0.800. The molecule has 0 aromatic heterocycles. The van der Waals surface area contributed by atoms with Gasteiger partial charge in [-0.3, -0.25) is 4.79 Å². The van der Waals surface area contributed by atoms with Gasteiger partial charge in [-0.05, 0) is 38.9 Å². The van der Waals surface area contributed by atoms with Gasteiger partial charge in [0.15, 0.2) is 0 Å². The zero-order valence-corrected chi connectivity index (χ0v) is 12.6. The van der Waals surface area contributed by atoms with Gasteiger partial charge in [-0.25, -0.2) is 0 Å². The summed E-state index contributed by atoms with van der Waals surface area (Å²) in [7, 11) is 0. The molecule has 1 N–H and O–H groups in total. The van der Waals surface area contributed by atoms with Crippen molar-refractivity contribution in [3.63, 3.8) is 0 Å². The van der Waals surface area contributed by atoms with E-state index in [9.17, 15) is 4.79 Å². The molecular weight excluding hydrogens is 230 g/mol. The van der Waals surface area contributed by atoms with E-state index in [-0.39, 0.29) is 6.42 Å². The van der Waals surface area contributed by atoms with Gasteiger partial charge in [0.05, 0.1) is 13.0 Å². The van der Waals surface area contributed by atoms with Gasteiger partial charge in [-0.15, -0.1) is 0 Å². The minimum absolute atomic E-state index is 0.111. The van der Waals surface area contributed by atoms with Crippen LogP contribution in [0.2, 0.25) is 0 Å². The van der Waals surface area contributed by atoms with Crippen LogP contribution < -0.4 is 0 Å². The summed E-state index contributed by atoms with van der Waals surface area (Å²) in [6.45, 7) is 13.1. The highest BCUT2D eigenvalue weighted by Crippen LogP contribution is 2.04. The fourth-order valence-electron chi connectivity index (χ4n) is 1.50. The monoisotopic (exact) mass is 261 g/mol. The van der Waals surface area contributed by atoms with Gasteiger partial charge in [0.25, 0.3) is 0 Å². The van der Waals surface area contributed by atoms with E-state index in [0.717, 1.165) is 6.42 Å². The van der Waals surface area contributed by atoms with E-state index in [1.165, 1.54) is 32.5 Å². The van der Waals surface area contributed by atoms with Crippen molar-refractivity contribution in [1.29, 1.82) is 0 Å². The summed E-state index contributed by atoms with van der Waals surface area (Å²) in [6.07, 6.45) is 3.90. The van der Waals surface area contributed by atoms with E-state index in [1.54, 1.807) is 0 Å². The van der Waals surface area contributed by atoms with Crippen LogP contribution in [0.15, 0.2) is 0 Å². The molecular formula is C14H31NO3. The Bertz CT molecular complexity index is 168. The van der Waals surface area contributed by atoms with Crippen molar-refractivity contribution in [2.24, 2.45) is 0 Å². The maximum absolute atomic E-state index is 9.88. The Morgan fingerprint density at radius 2 is 1.72 bits per heavy atom. The third kappa shape index (κ3) is 15.4. The molecule has 1 rings (SSSR count). The highest BCUT2D eigenvalue weighted by molar-refractivity contribution is 5.66. The second-order valence-corrected chi connectivity index (χ2v) is 3.90. The van der Waals surface area contributed by atoms with Gasteiger partial charge in [0.2, 0.25) is 0 Å². The first-order chi connectivity index (χ1) is 8.70. The number of carboxylic acid groups (broad SMARTS) is 1. The highest BCUT2D eigenvalue weighted by atomic mass is 16.5. The van der Waals surface area contributed by atoms with Gasteiger partial charge in [-0.1, -0.05) is 27.7 Å². The van der Waals surface area contributed by atoms with Crippen molar-refractivity contribution in [2.45, 2.75) is 53.4 Å². The topological polar surface area (TPSA) is 49.8 Å². The van der Waals surface area contributed by atoms with Crippen molar-refractivity contribution < 1.29 is 14.6 Å². The predicted octanol–water partition coefficient (Wildman–Crippen LogP) is 3.02. The Balaban J connectivity index is 0. The molecule has 0 amide bonds. The second kappa shape index (κ2) is 16.4. The highest BCUT2D eigenvalue weighted by Gasteiger charge is 2.06. The first-order valence-corrected chi connectivity index (χ1v) is 7.22. The normalized spacial score (nSPS) is 14.2. The smallest absolute Gasteiger partial charge is 0.305 e. The summed E-state index contributed by atoms with van der Waals surface area (Å²) in [5, 5.41) is 8.13. The lowest BCUT2D eigenvalue weighted by Gasteiger charge is -2.08. The van der Waals surface area contributed by atoms with Crippen LogP contribution in [0.5, 0.6) is 0 Å². The molecule has 1 saturated heterocycles. The minimum Gasteiger partial charge on any atom is -0.481 e. The van der Waals surface area contributed by atoms with Gasteiger partial charge < -0.3 is 14.7 Å². The Hall–Kier alpha value is -0.610. The molecule has 0 aromatic rings. The molecule has 0 unspecified atom stereocenters. The molecule has 18 heavy (non-hydrogen) atoms. The summed E-state index contributed by atoms with van der Waals surface area (Å²) in [4.78, 5) is 12.4.